The minimum Gasteiger partial charge on any atom is -0.508 e. The molecule has 1 amide bonds. The fourth-order valence-corrected chi connectivity index (χ4v) is 5.55. The van der Waals surface area contributed by atoms with Gasteiger partial charge in [-0.15, -0.1) is 0 Å². The van der Waals surface area contributed by atoms with Crippen LogP contribution >= 0.6 is 11.6 Å². The van der Waals surface area contributed by atoms with Gasteiger partial charge in [0.15, 0.2) is 5.54 Å². The Morgan fingerprint density at radius 2 is 2.09 bits per heavy atom. The molecular weight excluding hydrogens is 460 g/mol. The van der Waals surface area contributed by atoms with Crippen LogP contribution in [0, 0.1) is 11.8 Å². The lowest BCUT2D eigenvalue weighted by atomic mass is 9.78. The average molecular weight is 493 g/mol. The van der Waals surface area contributed by atoms with Crippen molar-refractivity contribution >= 4 is 34.7 Å². The first-order valence-electron chi connectivity index (χ1n) is 12.5. The largest absolute Gasteiger partial charge is 0.508 e. The van der Waals surface area contributed by atoms with Gasteiger partial charge in [-0.3, -0.25) is 9.79 Å². The molecule has 184 valence electrons. The van der Waals surface area contributed by atoms with Gasteiger partial charge in [0, 0.05) is 40.8 Å². The molecule has 6 nitrogen and oxygen atoms in total. The first-order valence-corrected chi connectivity index (χ1v) is 12.9. The number of hydrogen-bond donors (Lipinski definition) is 3. The molecule has 1 aromatic heterocycles. The molecule has 35 heavy (non-hydrogen) atoms. The normalized spacial score (nSPS) is 21.8. The van der Waals surface area contributed by atoms with Crippen LogP contribution in [0.3, 0.4) is 0 Å². The Morgan fingerprint density at radius 1 is 1.29 bits per heavy atom. The molecule has 1 aliphatic carbocycles. The first kappa shape index (κ1) is 23.7. The number of aromatic amines is 1. The number of aliphatic imine (C=N–C) groups is 1. The van der Waals surface area contributed by atoms with Crippen LogP contribution in [-0.4, -0.2) is 45.9 Å². The summed E-state index contributed by atoms with van der Waals surface area (Å²) < 4.78 is 0. The number of phenolic OH excluding ortho intramolecular Hbond substituents is 1. The number of phenols is 1. The highest BCUT2D eigenvalue weighted by atomic mass is 35.5. The Labute approximate surface area is 211 Å². The molecule has 1 aliphatic heterocycles. The van der Waals surface area contributed by atoms with Gasteiger partial charge in [0.05, 0.1) is 12.4 Å². The van der Waals surface area contributed by atoms with Gasteiger partial charge in [0.1, 0.15) is 5.75 Å². The van der Waals surface area contributed by atoms with Crippen molar-refractivity contribution in [3.05, 3.63) is 64.8 Å². The number of aromatic nitrogens is 1. The van der Waals surface area contributed by atoms with Crippen LogP contribution in [-0.2, 0) is 11.2 Å². The predicted molar refractivity (Wildman–Crippen MR) is 141 cm³/mol. The number of halogens is 1. The fourth-order valence-electron chi connectivity index (χ4n) is 5.39. The highest BCUT2D eigenvalue weighted by molar-refractivity contribution is 6.30. The van der Waals surface area contributed by atoms with Gasteiger partial charge in [0.25, 0.3) is 5.91 Å². The number of benzene rings is 2. The lowest BCUT2D eigenvalue weighted by molar-refractivity contribution is -0.128. The number of carbonyl (C=O) groups is 1. The SMILES string of the molecule is CC(C)C[C@@]1(C(=O)NCCc2c[nH]c3ccccc23)N=CN(CC2CC2)[C@H]1c1ccc(Cl)cc1O. The lowest BCUT2D eigenvalue weighted by Gasteiger charge is -2.38. The van der Waals surface area contributed by atoms with Crippen molar-refractivity contribution in [1.29, 1.82) is 0 Å². The number of aromatic hydroxyl groups is 1. The summed E-state index contributed by atoms with van der Waals surface area (Å²) in [7, 11) is 0. The molecule has 0 radical (unpaired) electrons. The molecule has 2 atom stereocenters. The number of para-hydroxylation sites is 1. The molecule has 1 saturated carbocycles. The van der Waals surface area contributed by atoms with E-state index in [2.05, 4.69) is 41.2 Å². The Hall–Kier alpha value is -2.99. The summed E-state index contributed by atoms with van der Waals surface area (Å²) in [5, 5.41) is 15.7. The zero-order chi connectivity index (χ0) is 24.6. The maximum Gasteiger partial charge on any atom is 0.250 e. The zero-order valence-corrected chi connectivity index (χ0v) is 21.1. The molecular formula is C28H33ClN4O2. The van der Waals surface area contributed by atoms with Gasteiger partial charge < -0.3 is 20.3 Å². The number of nitrogens with zero attached hydrogens (tertiary/aromatic N) is 2. The summed E-state index contributed by atoms with van der Waals surface area (Å²) in [5.74, 6) is 0.857. The van der Waals surface area contributed by atoms with Gasteiger partial charge in [-0.1, -0.05) is 49.7 Å². The van der Waals surface area contributed by atoms with Crippen LogP contribution in [0.4, 0.5) is 0 Å². The van der Waals surface area contributed by atoms with Gasteiger partial charge in [-0.25, -0.2) is 0 Å². The van der Waals surface area contributed by atoms with Crippen LogP contribution in [0.2, 0.25) is 5.02 Å². The quantitative estimate of drug-likeness (QED) is 0.370. The average Bonchev–Trinajstić information content (AvgIpc) is 3.44. The smallest absolute Gasteiger partial charge is 0.250 e. The maximum absolute atomic E-state index is 13.9. The van der Waals surface area contributed by atoms with Crippen LogP contribution in [0.25, 0.3) is 10.9 Å². The summed E-state index contributed by atoms with van der Waals surface area (Å²) >= 11 is 6.14. The number of hydrogen-bond acceptors (Lipinski definition) is 4. The van der Waals surface area contributed by atoms with E-state index in [-0.39, 0.29) is 23.6 Å². The van der Waals surface area contributed by atoms with Crippen LogP contribution in [0.15, 0.2) is 53.7 Å². The molecule has 2 heterocycles. The monoisotopic (exact) mass is 492 g/mol. The third-order valence-electron chi connectivity index (χ3n) is 7.14. The summed E-state index contributed by atoms with van der Waals surface area (Å²) in [4.78, 5) is 24.3. The van der Waals surface area contributed by atoms with Crippen LogP contribution in [0.1, 0.15) is 50.3 Å². The number of H-pyrrole nitrogens is 1. The Kier molecular flexibility index (Phi) is 6.49. The van der Waals surface area contributed by atoms with E-state index in [1.807, 2.05) is 30.7 Å². The number of rotatable bonds is 9. The fraction of sp³-hybridized carbons (Fsp3) is 0.429. The Balaban J connectivity index is 1.42. The van der Waals surface area contributed by atoms with Crippen LogP contribution < -0.4 is 5.32 Å². The minimum atomic E-state index is -1.02. The van der Waals surface area contributed by atoms with Crippen molar-refractivity contribution in [2.75, 3.05) is 13.1 Å². The van der Waals surface area contributed by atoms with E-state index in [1.165, 1.54) is 23.8 Å². The third-order valence-corrected chi connectivity index (χ3v) is 7.38. The highest BCUT2D eigenvalue weighted by Crippen LogP contribution is 2.47. The summed E-state index contributed by atoms with van der Waals surface area (Å²) in [5.41, 5.74) is 1.95. The number of nitrogens with one attached hydrogen (secondary N) is 2. The molecule has 2 aliphatic rings. The minimum absolute atomic E-state index is 0.0973. The van der Waals surface area contributed by atoms with Crippen molar-refractivity contribution in [2.45, 2.75) is 51.1 Å². The van der Waals surface area contributed by atoms with E-state index in [0.717, 1.165) is 18.5 Å². The summed E-state index contributed by atoms with van der Waals surface area (Å²) in [6, 6.07) is 13.0. The van der Waals surface area contributed by atoms with E-state index in [1.54, 1.807) is 12.1 Å². The lowest BCUT2D eigenvalue weighted by Crippen LogP contribution is -2.52. The van der Waals surface area contributed by atoms with Crippen molar-refractivity contribution in [3.63, 3.8) is 0 Å². The van der Waals surface area contributed by atoms with E-state index in [9.17, 15) is 9.90 Å². The highest BCUT2D eigenvalue weighted by Gasteiger charge is 2.53. The van der Waals surface area contributed by atoms with Crippen molar-refractivity contribution in [3.8, 4) is 5.75 Å². The second-order valence-electron chi connectivity index (χ2n) is 10.4. The predicted octanol–water partition coefficient (Wildman–Crippen LogP) is 5.47. The van der Waals surface area contributed by atoms with Gasteiger partial charge in [-0.05, 0) is 61.3 Å². The van der Waals surface area contributed by atoms with Crippen molar-refractivity contribution < 1.29 is 9.90 Å². The standard InChI is InChI=1S/C28H33ClN4O2/c1-18(2)14-28(27(35)30-12-11-20-15-31-24-6-4-3-5-22(20)24)26(23-10-9-21(29)13-25(23)34)33(17-32-28)16-19-7-8-19/h3-6,9-10,13,15,17-19,26,31,34H,7-8,11-12,14,16H2,1-2H3,(H,30,35)/t26-,28+/m0/s1. The van der Waals surface area contributed by atoms with E-state index >= 15 is 0 Å². The topological polar surface area (TPSA) is 80.7 Å². The molecule has 3 aromatic rings. The van der Waals surface area contributed by atoms with Gasteiger partial charge in [-0.2, -0.15) is 0 Å². The number of amides is 1. The van der Waals surface area contributed by atoms with Crippen LogP contribution in [0.5, 0.6) is 5.75 Å². The zero-order valence-electron chi connectivity index (χ0n) is 20.3. The molecule has 0 spiro atoms. The molecule has 0 unspecified atom stereocenters. The molecule has 0 bridgehead atoms. The molecule has 0 saturated heterocycles. The Morgan fingerprint density at radius 3 is 2.83 bits per heavy atom. The number of fused-ring (bicyclic) bond motifs is 1. The molecule has 2 aromatic carbocycles. The summed E-state index contributed by atoms with van der Waals surface area (Å²) in [6.45, 7) is 5.56. The molecule has 7 heteroatoms. The van der Waals surface area contributed by atoms with Gasteiger partial charge >= 0.3 is 0 Å². The summed E-state index contributed by atoms with van der Waals surface area (Å²) in [6.07, 6.45) is 7.53. The Bertz CT molecular complexity index is 1250. The second-order valence-corrected chi connectivity index (χ2v) is 10.8. The third kappa shape index (κ3) is 4.76. The van der Waals surface area contributed by atoms with Gasteiger partial charge in [0.2, 0.25) is 0 Å². The second kappa shape index (κ2) is 9.57. The van der Waals surface area contributed by atoms with E-state index < -0.39 is 5.54 Å². The molecule has 5 rings (SSSR count). The van der Waals surface area contributed by atoms with E-state index in [4.69, 9.17) is 16.6 Å². The van der Waals surface area contributed by atoms with E-state index in [0.29, 0.717) is 29.5 Å². The molecule has 1 fully saturated rings. The maximum atomic E-state index is 13.9. The number of carbonyl (C=O) groups excluding carboxylic acids is 1. The van der Waals surface area contributed by atoms with Crippen molar-refractivity contribution in [2.24, 2.45) is 16.8 Å². The van der Waals surface area contributed by atoms with Crippen molar-refractivity contribution in [1.82, 2.24) is 15.2 Å². The first-order chi connectivity index (χ1) is 16.9. The molecule has 3 N–H and O–H groups in total.